The van der Waals surface area contributed by atoms with E-state index in [0.717, 1.165) is 18.4 Å². The van der Waals surface area contributed by atoms with E-state index >= 15 is 0 Å². The third kappa shape index (κ3) is 3.75. The number of hydrogen-bond donors (Lipinski definition) is 1. The predicted octanol–water partition coefficient (Wildman–Crippen LogP) is 3.77. The van der Waals surface area contributed by atoms with Gasteiger partial charge in [0.15, 0.2) is 0 Å². The Kier molecular flexibility index (Phi) is 4.88. The summed E-state index contributed by atoms with van der Waals surface area (Å²) in [6.45, 7) is 0. The summed E-state index contributed by atoms with van der Waals surface area (Å²) in [6.07, 6.45) is 5.29. The first-order valence-corrected chi connectivity index (χ1v) is 6.59. The molecule has 2 rings (SSSR count). The number of benzene rings is 1. The number of aryl methyl sites for hydroxylation is 1. The summed E-state index contributed by atoms with van der Waals surface area (Å²) in [4.78, 5) is 3.99. The van der Waals surface area contributed by atoms with Gasteiger partial charge >= 0.3 is 0 Å². The van der Waals surface area contributed by atoms with Crippen molar-refractivity contribution in [2.45, 2.75) is 18.9 Å². The van der Waals surface area contributed by atoms with Gasteiger partial charge in [0.1, 0.15) is 5.82 Å². The van der Waals surface area contributed by atoms with Crippen LogP contribution in [0.5, 0.6) is 0 Å². The molecule has 0 aliphatic rings. The summed E-state index contributed by atoms with van der Waals surface area (Å²) in [5, 5.41) is 3.78. The lowest BCUT2D eigenvalue weighted by Crippen LogP contribution is -2.17. The van der Waals surface area contributed by atoms with Gasteiger partial charge in [-0.25, -0.2) is 4.39 Å². The minimum atomic E-state index is -0.261. The Morgan fingerprint density at radius 1 is 1.26 bits per heavy atom. The van der Waals surface area contributed by atoms with E-state index in [2.05, 4.69) is 10.3 Å². The van der Waals surface area contributed by atoms with Gasteiger partial charge in [0.05, 0.1) is 0 Å². The van der Waals surface area contributed by atoms with E-state index < -0.39 is 0 Å². The first kappa shape index (κ1) is 14.0. The molecule has 4 heteroatoms. The second-order valence-electron chi connectivity index (χ2n) is 4.40. The number of halogens is 2. The molecule has 0 saturated heterocycles. The number of nitrogens with one attached hydrogen (secondary N) is 1. The Hall–Kier alpha value is -1.45. The van der Waals surface area contributed by atoms with Crippen LogP contribution < -0.4 is 5.32 Å². The van der Waals surface area contributed by atoms with Crippen molar-refractivity contribution in [3.63, 3.8) is 0 Å². The van der Waals surface area contributed by atoms with Gasteiger partial charge in [0, 0.05) is 23.5 Å². The molecule has 1 unspecified atom stereocenters. The SMILES string of the molecule is CNC(CCc1ccncc1)c1cc(F)ccc1Cl. The third-order valence-electron chi connectivity index (χ3n) is 3.15. The largest absolute Gasteiger partial charge is 0.313 e. The van der Waals surface area contributed by atoms with Crippen LogP contribution in [0.3, 0.4) is 0 Å². The molecular formula is C15H16ClFN2. The van der Waals surface area contributed by atoms with E-state index in [4.69, 9.17) is 11.6 Å². The van der Waals surface area contributed by atoms with Crippen LogP contribution in [0.4, 0.5) is 4.39 Å². The molecule has 0 radical (unpaired) electrons. The lowest BCUT2D eigenvalue weighted by molar-refractivity contribution is 0.542. The highest BCUT2D eigenvalue weighted by molar-refractivity contribution is 6.31. The van der Waals surface area contributed by atoms with Crippen molar-refractivity contribution in [3.05, 3.63) is 64.7 Å². The van der Waals surface area contributed by atoms with Crippen LogP contribution in [0.15, 0.2) is 42.7 Å². The van der Waals surface area contributed by atoms with E-state index in [1.807, 2.05) is 19.2 Å². The van der Waals surface area contributed by atoms with Crippen LogP contribution in [0.1, 0.15) is 23.6 Å². The van der Waals surface area contributed by atoms with Gasteiger partial charge in [0.2, 0.25) is 0 Å². The van der Waals surface area contributed by atoms with Crippen molar-refractivity contribution in [1.82, 2.24) is 10.3 Å². The molecule has 0 saturated carbocycles. The Morgan fingerprint density at radius 2 is 2.00 bits per heavy atom. The molecule has 2 nitrogen and oxygen atoms in total. The molecule has 1 heterocycles. The van der Waals surface area contributed by atoms with Gasteiger partial charge in [-0.1, -0.05) is 11.6 Å². The number of aromatic nitrogens is 1. The van der Waals surface area contributed by atoms with Gasteiger partial charge in [-0.05, 0) is 61.3 Å². The van der Waals surface area contributed by atoms with E-state index in [9.17, 15) is 4.39 Å². The first-order chi connectivity index (χ1) is 9.20. The fraction of sp³-hybridized carbons (Fsp3) is 0.267. The molecular weight excluding hydrogens is 263 g/mol. The van der Waals surface area contributed by atoms with E-state index in [0.29, 0.717) is 5.02 Å². The van der Waals surface area contributed by atoms with E-state index in [-0.39, 0.29) is 11.9 Å². The predicted molar refractivity (Wildman–Crippen MR) is 75.8 cm³/mol. The monoisotopic (exact) mass is 278 g/mol. The van der Waals surface area contributed by atoms with Gasteiger partial charge in [-0.15, -0.1) is 0 Å². The lowest BCUT2D eigenvalue weighted by Gasteiger charge is -2.18. The molecule has 0 spiro atoms. The highest BCUT2D eigenvalue weighted by atomic mass is 35.5. The minimum absolute atomic E-state index is 0.0383. The Morgan fingerprint density at radius 3 is 2.68 bits per heavy atom. The zero-order valence-electron chi connectivity index (χ0n) is 10.7. The summed E-state index contributed by atoms with van der Waals surface area (Å²) in [7, 11) is 1.86. The summed E-state index contributed by atoms with van der Waals surface area (Å²) < 4.78 is 13.3. The standard InChI is InChI=1S/C15H16ClFN2/c1-18-15(5-2-11-6-8-19-9-7-11)13-10-12(17)3-4-14(13)16/h3-4,6-10,15,18H,2,5H2,1H3. The Bertz CT molecular complexity index is 531. The second kappa shape index (κ2) is 6.64. The second-order valence-corrected chi connectivity index (χ2v) is 4.81. The first-order valence-electron chi connectivity index (χ1n) is 6.22. The van der Waals surface area contributed by atoms with Crippen molar-refractivity contribution < 1.29 is 4.39 Å². The van der Waals surface area contributed by atoms with Crippen molar-refractivity contribution in [2.24, 2.45) is 0 Å². The quantitative estimate of drug-likeness (QED) is 0.901. The molecule has 0 amide bonds. The molecule has 1 aromatic heterocycles. The fourth-order valence-electron chi connectivity index (χ4n) is 2.10. The molecule has 2 aromatic rings. The van der Waals surface area contributed by atoms with Gasteiger partial charge in [-0.2, -0.15) is 0 Å². The van der Waals surface area contributed by atoms with Crippen LogP contribution >= 0.6 is 11.6 Å². The molecule has 19 heavy (non-hydrogen) atoms. The third-order valence-corrected chi connectivity index (χ3v) is 3.50. The number of nitrogens with zero attached hydrogens (tertiary/aromatic N) is 1. The van der Waals surface area contributed by atoms with Crippen LogP contribution in [0, 0.1) is 5.82 Å². The zero-order chi connectivity index (χ0) is 13.7. The molecule has 1 atom stereocenters. The maximum atomic E-state index is 13.3. The molecule has 0 fully saturated rings. The highest BCUT2D eigenvalue weighted by Crippen LogP contribution is 2.26. The lowest BCUT2D eigenvalue weighted by atomic mass is 9.99. The number of rotatable bonds is 5. The van der Waals surface area contributed by atoms with E-state index in [1.165, 1.54) is 17.7 Å². The van der Waals surface area contributed by atoms with Crippen LogP contribution in [0.2, 0.25) is 5.02 Å². The van der Waals surface area contributed by atoms with Crippen molar-refractivity contribution in [2.75, 3.05) is 7.05 Å². The zero-order valence-corrected chi connectivity index (χ0v) is 11.5. The molecule has 0 aliphatic heterocycles. The number of hydrogen-bond acceptors (Lipinski definition) is 2. The Balaban J connectivity index is 2.10. The maximum absolute atomic E-state index is 13.3. The van der Waals surface area contributed by atoms with E-state index in [1.54, 1.807) is 18.5 Å². The smallest absolute Gasteiger partial charge is 0.123 e. The molecule has 0 bridgehead atoms. The summed E-state index contributed by atoms with van der Waals surface area (Å²) in [5.41, 5.74) is 2.01. The van der Waals surface area contributed by atoms with Gasteiger partial charge in [-0.3, -0.25) is 4.98 Å². The molecule has 0 aliphatic carbocycles. The molecule has 1 N–H and O–H groups in total. The van der Waals surface area contributed by atoms with Crippen LogP contribution in [-0.4, -0.2) is 12.0 Å². The summed E-state index contributed by atoms with van der Waals surface area (Å²) in [6, 6.07) is 8.48. The molecule has 1 aromatic carbocycles. The average molecular weight is 279 g/mol. The highest BCUT2D eigenvalue weighted by Gasteiger charge is 2.13. The maximum Gasteiger partial charge on any atom is 0.123 e. The topological polar surface area (TPSA) is 24.9 Å². The minimum Gasteiger partial charge on any atom is -0.313 e. The molecule has 100 valence electrons. The fourth-order valence-corrected chi connectivity index (χ4v) is 2.35. The van der Waals surface area contributed by atoms with Crippen molar-refractivity contribution in [1.29, 1.82) is 0 Å². The van der Waals surface area contributed by atoms with Crippen molar-refractivity contribution in [3.8, 4) is 0 Å². The number of pyridine rings is 1. The van der Waals surface area contributed by atoms with Crippen molar-refractivity contribution >= 4 is 11.6 Å². The van der Waals surface area contributed by atoms with Gasteiger partial charge in [0.25, 0.3) is 0 Å². The average Bonchev–Trinajstić information content (AvgIpc) is 2.44. The normalized spacial score (nSPS) is 12.4. The van der Waals surface area contributed by atoms with Crippen LogP contribution in [-0.2, 0) is 6.42 Å². The van der Waals surface area contributed by atoms with Gasteiger partial charge < -0.3 is 5.32 Å². The Labute approximate surface area is 117 Å². The summed E-state index contributed by atoms with van der Waals surface area (Å²) in [5.74, 6) is -0.261. The summed E-state index contributed by atoms with van der Waals surface area (Å²) >= 11 is 6.13. The van der Waals surface area contributed by atoms with Crippen LogP contribution in [0.25, 0.3) is 0 Å².